The summed E-state index contributed by atoms with van der Waals surface area (Å²) in [4.78, 5) is 14.4. The fourth-order valence-corrected chi connectivity index (χ4v) is 2.73. The van der Waals surface area contributed by atoms with E-state index in [-0.39, 0.29) is 23.3 Å². The Kier molecular flexibility index (Phi) is 4.43. The summed E-state index contributed by atoms with van der Waals surface area (Å²) < 4.78 is 13.0. The van der Waals surface area contributed by atoms with Gasteiger partial charge in [-0.1, -0.05) is 25.5 Å². The Balaban J connectivity index is 2.12. The SMILES string of the molecule is CCCC1(NC(=O)[C@H](c2ccc(F)cc2)N(C)C)CC1. The third-order valence-corrected chi connectivity index (χ3v) is 3.92. The highest BCUT2D eigenvalue weighted by Crippen LogP contribution is 2.40. The molecule has 0 bridgehead atoms. The molecule has 0 saturated heterocycles. The van der Waals surface area contributed by atoms with Crippen molar-refractivity contribution in [2.75, 3.05) is 14.1 Å². The summed E-state index contributed by atoms with van der Waals surface area (Å²) >= 11 is 0. The number of halogens is 1. The van der Waals surface area contributed by atoms with Gasteiger partial charge in [-0.05, 0) is 51.1 Å². The van der Waals surface area contributed by atoms with Crippen molar-refractivity contribution in [3.63, 3.8) is 0 Å². The molecule has 0 radical (unpaired) electrons. The zero-order valence-electron chi connectivity index (χ0n) is 12.4. The van der Waals surface area contributed by atoms with Crippen LogP contribution in [0.2, 0.25) is 0 Å². The molecule has 1 atom stereocenters. The summed E-state index contributed by atoms with van der Waals surface area (Å²) in [5.41, 5.74) is 0.835. The van der Waals surface area contributed by atoms with Crippen molar-refractivity contribution in [1.82, 2.24) is 10.2 Å². The van der Waals surface area contributed by atoms with Gasteiger partial charge in [-0.25, -0.2) is 4.39 Å². The second kappa shape index (κ2) is 5.92. The molecule has 20 heavy (non-hydrogen) atoms. The molecule has 0 unspecified atom stereocenters. The zero-order chi connectivity index (χ0) is 14.8. The van der Waals surface area contributed by atoms with Gasteiger partial charge in [0.25, 0.3) is 0 Å². The molecule has 110 valence electrons. The molecule has 1 aliphatic carbocycles. The van der Waals surface area contributed by atoms with Crippen molar-refractivity contribution in [3.05, 3.63) is 35.6 Å². The zero-order valence-corrected chi connectivity index (χ0v) is 12.4. The Morgan fingerprint density at radius 1 is 1.35 bits per heavy atom. The van der Waals surface area contributed by atoms with Gasteiger partial charge in [0.05, 0.1) is 0 Å². The second-order valence-corrected chi connectivity index (χ2v) is 5.94. The number of nitrogens with one attached hydrogen (secondary N) is 1. The minimum Gasteiger partial charge on any atom is -0.349 e. The molecule has 2 rings (SSSR count). The number of nitrogens with zero attached hydrogens (tertiary/aromatic N) is 1. The van der Waals surface area contributed by atoms with Crippen molar-refractivity contribution in [2.24, 2.45) is 0 Å². The van der Waals surface area contributed by atoms with Gasteiger partial charge in [0.1, 0.15) is 11.9 Å². The van der Waals surface area contributed by atoms with Crippen LogP contribution in [0, 0.1) is 5.82 Å². The van der Waals surface area contributed by atoms with E-state index in [1.807, 2.05) is 19.0 Å². The fraction of sp³-hybridized carbons (Fsp3) is 0.562. The standard InChI is InChI=1S/C16H23FN2O/c1-4-9-16(10-11-16)18-15(20)14(19(2)3)12-5-7-13(17)8-6-12/h5-8,14H,4,9-11H2,1-3H3,(H,18,20)/t14-/m0/s1. The maximum atomic E-state index is 13.0. The smallest absolute Gasteiger partial charge is 0.242 e. The van der Waals surface area contributed by atoms with Crippen LogP contribution in [0.4, 0.5) is 4.39 Å². The lowest BCUT2D eigenvalue weighted by Gasteiger charge is -2.27. The average molecular weight is 278 g/mol. The average Bonchev–Trinajstić information content (AvgIpc) is 3.11. The van der Waals surface area contributed by atoms with Gasteiger partial charge in [-0.3, -0.25) is 9.69 Å². The lowest BCUT2D eigenvalue weighted by Crippen LogP contribution is -2.43. The summed E-state index contributed by atoms with van der Waals surface area (Å²) in [6.07, 6.45) is 4.23. The van der Waals surface area contributed by atoms with E-state index < -0.39 is 0 Å². The molecular formula is C16H23FN2O. The number of hydrogen-bond donors (Lipinski definition) is 1. The molecule has 4 heteroatoms. The molecule has 1 aromatic carbocycles. The van der Waals surface area contributed by atoms with Gasteiger partial charge in [0.15, 0.2) is 0 Å². The molecular weight excluding hydrogens is 255 g/mol. The van der Waals surface area contributed by atoms with Crippen LogP contribution in [0.3, 0.4) is 0 Å². The Hall–Kier alpha value is -1.42. The fourth-order valence-electron chi connectivity index (χ4n) is 2.73. The maximum Gasteiger partial charge on any atom is 0.242 e. The van der Waals surface area contributed by atoms with Crippen LogP contribution >= 0.6 is 0 Å². The van der Waals surface area contributed by atoms with Crippen LogP contribution in [-0.2, 0) is 4.79 Å². The summed E-state index contributed by atoms with van der Waals surface area (Å²) in [5, 5.41) is 3.19. The Morgan fingerprint density at radius 3 is 2.40 bits per heavy atom. The number of amides is 1. The third kappa shape index (κ3) is 3.37. The molecule has 3 nitrogen and oxygen atoms in total. The molecule has 1 amide bonds. The van der Waals surface area contributed by atoms with Gasteiger partial charge in [-0.15, -0.1) is 0 Å². The number of rotatable bonds is 6. The van der Waals surface area contributed by atoms with Crippen LogP contribution < -0.4 is 5.32 Å². The number of likely N-dealkylation sites (N-methyl/N-ethyl adjacent to an activating group) is 1. The number of hydrogen-bond acceptors (Lipinski definition) is 2. The van der Waals surface area contributed by atoms with E-state index in [1.165, 1.54) is 12.1 Å². The normalized spacial score (nSPS) is 17.9. The van der Waals surface area contributed by atoms with Crippen LogP contribution in [0.15, 0.2) is 24.3 Å². The highest BCUT2D eigenvalue weighted by atomic mass is 19.1. The predicted octanol–water partition coefficient (Wildman–Crippen LogP) is 2.88. The lowest BCUT2D eigenvalue weighted by molar-refractivity contribution is -0.126. The highest BCUT2D eigenvalue weighted by Gasteiger charge is 2.44. The summed E-state index contributed by atoms with van der Waals surface area (Å²) in [6, 6.07) is 5.79. The molecule has 1 saturated carbocycles. The van der Waals surface area contributed by atoms with Crippen molar-refractivity contribution >= 4 is 5.91 Å². The van der Waals surface area contributed by atoms with E-state index in [0.29, 0.717) is 0 Å². The van der Waals surface area contributed by atoms with Crippen molar-refractivity contribution in [1.29, 1.82) is 0 Å². The van der Waals surface area contributed by atoms with Crippen LogP contribution in [0.25, 0.3) is 0 Å². The van der Waals surface area contributed by atoms with Gasteiger partial charge in [0, 0.05) is 5.54 Å². The van der Waals surface area contributed by atoms with Crippen molar-refractivity contribution in [2.45, 2.75) is 44.2 Å². The van der Waals surface area contributed by atoms with Crippen LogP contribution in [0.5, 0.6) is 0 Å². The Morgan fingerprint density at radius 2 is 1.95 bits per heavy atom. The van der Waals surface area contributed by atoms with Gasteiger partial charge in [0.2, 0.25) is 5.91 Å². The van der Waals surface area contributed by atoms with E-state index in [2.05, 4.69) is 12.2 Å². The lowest BCUT2D eigenvalue weighted by atomic mass is 10.0. The molecule has 0 heterocycles. The molecule has 1 N–H and O–H groups in total. The Bertz CT molecular complexity index is 466. The first-order valence-corrected chi connectivity index (χ1v) is 7.21. The van der Waals surface area contributed by atoms with E-state index in [1.54, 1.807) is 12.1 Å². The highest BCUT2D eigenvalue weighted by molar-refractivity contribution is 5.84. The van der Waals surface area contributed by atoms with Gasteiger partial charge in [-0.2, -0.15) is 0 Å². The van der Waals surface area contributed by atoms with Crippen molar-refractivity contribution in [3.8, 4) is 0 Å². The minimum atomic E-state index is -0.370. The molecule has 0 aromatic heterocycles. The summed E-state index contributed by atoms with van der Waals surface area (Å²) in [7, 11) is 3.74. The third-order valence-electron chi connectivity index (χ3n) is 3.92. The van der Waals surface area contributed by atoms with E-state index in [4.69, 9.17) is 0 Å². The van der Waals surface area contributed by atoms with Gasteiger partial charge >= 0.3 is 0 Å². The first-order valence-electron chi connectivity index (χ1n) is 7.21. The first kappa shape index (κ1) is 15.0. The minimum absolute atomic E-state index is 0.00700. The summed E-state index contributed by atoms with van der Waals surface area (Å²) in [6.45, 7) is 2.13. The van der Waals surface area contributed by atoms with E-state index in [9.17, 15) is 9.18 Å². The summed E-state index contributed by atoms with van der Waals surface area (Å²) in [5.74, 6) is -0.274. The monoisotopic (exact) mass is 278 g/mol. The first-order chi connectivity index (χ1) is 9.47. The molecule has 1 fully saturated rings. The molecule has 0 aliphatic heterocycles. The van der Waals surface area contributed by atoms with Crippen LogP contribution in [-0.4, -0.2) is 30.4 Å². The number of carbonyl (C=O) groups is 1. The predicted molar refractivity (Wildman–Crippen MR) is 77.8 cm³/mol. The molecule has 1 aliphatic rings. The van der Waals surface area contributed by atoms with Crippen molar-refractivity contribution < 1.29 is 9.18 Å². The number of carbonyl (C=O) groups excluding carboxylic acids is 1. The maximum absolute atomic E-state index is 13.0. The topological polar surface area (TPSA) is 32.3 Å². The van der Waals surface area contributed by atoms with E-state index >= 15 is 0 Å². The largest absolute Gasteiger partial charge is 0.349 e. The molecule has 1 aromatic rings. The van der Waals surface area contributed by atoms with Crippen LogP contribution in [0.1, 0.15) is 44.2 Å². The van der Waals surface area contributed by atoms with Gasteiger partial charge < -0.3 is 5.32 Å². The second-order valence-electron chi connectivity index (χ2n) is 5.94. The Labute approximate surface area is 120 Å². The number of benzene rings is 1. The quantitative estimate of drug-likeness (QED) is 0.868. The molecule has 0 spiro atoms. The van der Waals surface area contributed by atoms with E-state index in [0.717, 1.165) is 31.2 Å².